The monoisotopic (exact) mass is 322 g/mol. The van der Waals surface area contributed by atoms with Gasteiger partial charge < -0.3 is 14.4 Å². The lowest BCUT2D eigenvalue weighted by Gasteiger charge is -2.34. The van der Waals surface area contributed by atoms with Gasteiger partial charge in [-0.05, 0) is 45.4 Å². The van der Waals surface area contributed by atoms with Crippen LogP contribution in [0.2, 0.25) is 0 Å². The number of amides is 1. The Hall–Kier alpha value is -2.15. The third kappa shape index (κ3) is 4.41. The average molecular weight is 322 g/mol. The summed E-state index contributed by atoms with van der Waals surface area (Å²) in [6.07, 6.45) is -0.680. The van der Waals surface area contributed by atoms with Crippen LogP contribution in [-0.2, 0) is 9.47 Å². The molecule has 1 aromatic rings. The Morgan fingerprint density at radius 2 is 2.13 bits per heavy atom. The Labute approximate surface area is 135 Å². The van der Waals surface area contributed by atoms with Crippen LogP contribution in [0, 0.1) is 17.0 Å². The minimum Gasteiger partial charge on any atom is -0.444 e. The zero-order chi connectivity index (χ0) is 17.2. The van der Waals surface area contributed by atoms with Crippen LogP contribution < -0.4 is 0 Å². The molecule has 1 atom stereocenters. The molecule has 1 saturated heterocycles. The number of hydrogen-bond donors (Lipinski definition) is 0. The van der Waals surface area contributed by atoms with Crippen molar-refractivity contribution >= 4 is 11.8 Å². The number of carbonyl (C=O) groups is 1. The van der Waals surface area contributed by atoms with Crippen molar-refractivity contribution in [2.45, 2.75) is 39.4 Å². The van der Waals surface area contributed by atoms with E-state index >= 15 is 0 Å². The van der Waals surface area contributed by atoms with E-state index in [4.69, 9.17) is 9.47 Å². The maximum absolute atomic E-state index is 12.2. The van der Waals surface area contributed by atoms with E-state index < -0.39 is 10.5 Å². The van der Waals surface area contributed by atoms with Gasteiger partial charge in [0, 0.05) is 18.2 Å². The summed E-state index contributed by atoms with van der Waals surface area (Å²) in [5, 5.41) is 10.9. The van der Waals surface area contributed by atoms with E-state index in [0.717, 1.165) is 5.56 Å². The highest BCUT2D eigenvalue weighted by Crippen LogP contribution is 2.27. The molecule has 7 nitrogen and oxygen atoms in total. The zero-order valence-electron chi connectivity index (χ0n) is 13.9. The molecule has 1 aliphatic heterocycles. The van der Waals surface area contributed by atoms with Crippen LogP contribution in [0.1, 0.15) is 38.0 Å². The molecular formula is C16H22N2O5. The lowest BCUT2D eigenvalue weighted by Crippen LogP contribution is -2.44. The molecular weight excluding hydrogens is 300 g/mol. The number of nitro benzene ring substituents is 1. The summed E-state index contributed by atoms with van der Waals surface area (Å²) < 4.78 is 11.1. The largest absolute Gasteiger partial charge is 0.444 e. The summed E-state index contributed by atoms with van der Waals surface area (Å²) in [5.41, 5.74) is 0.926. The SMILES string of the molecule is Cc1cc([C@@H]2CN(C(=O)OC(C)(C)C)CCO2)ccc1[N+](=O)[O-]. The zero-order valence-corrected chi connectivity index (χ0v) is 13.9. The van der Waals surface area contributed by atoms with Crippen molar-refractivity contribution < 1.29 is 19.2 Å². The molecule has 7 heteroatoms. The van der Waals surface area contributed by atoms with E-state index in [9.17, 15) is 14.9 Å². The van der Waals surface area contributed by atoms with E-state index in [1.54, 1.807) is 24.0 Å². The standard InChI is InChI=1S/C16H22N2O5/c1-11-9-12(5-6-13(11)18(20)21)14-10-17(7-8-22-14)15(19)23-16(2,3)4/h5-6,9,14H,7-8,10H2,1-4H3/t14-/m0/s1. The summed E-state index contributed by atoms with van der Waals surface area (Å²) in [7, 11) is 0. The van der Waals surface area contributed by atoms with Crippen LogP contribution in [0.25, 0.3) is 0 Å². The molecule has 1 amide bonds. The van der Waals surface area contributed by atoms with E-state index in [1.807, 2.05) is 20.8 Å². The Bertz CT molecular complexity index is 609. The molecule has 0 spiro atoms. The molecule has 0 aromatic heterocycles. The van der Waals surface area contributed by atoms with Crippen molar-refractivity contribution in [2.75, 3.05) is 19.7 Å². The molecule has 2 rings (SSSR count). The number of rotatable bonds is 2. The number of nitrogens with zero attached hydrogens (tertiary/aromatic N) is 2. The first kappa shape index (κ1) is 17.2. The number of aryl methyl sites for hydroxylation is 1. The Balaban J connectivity index is 2.11. The predicted octanol–water partition coefficient (Wildman–Crippen LogP) is 3.21. The molecule has 0 unspecified atom stereocenters. The molecule has 126 valence electrons. The van der Waals surface area contributed by atoms with E-state index in [2.05, 4.69) is 0 Å². The lowest BCUT2D eigenvalue weighted by atomic mass is 10.0. The van der Waals surface area contributed by atoms with Gasteiger partial charge in [-0.3, -0.25) is 10.1 Å². The first-order valence-corrected chi connectivity index (χ1v) is 7.52. The Kier molecular flexibility index (Phi) is 4.89. The van der Waals surface area contributed by atoms with Crippen LogP contribution in [-0.4, -0.2) is 41.2 Å². The van der Waals surface area contributed by atoms with Gasteiger partial charge in [-0.1, -0.05) is 0 Å². The molecule has 1 fully saturated rings. The van der Waals surface area contributed by atoms with Crippen molar-refractivity contribution in [3.63, 3.8) is 0 Å². The highest BCUT2D eigenvalue weighted by atomic mass is 16.6. The second-order valence-electron chi connectivity index (χ2n) is 6.59. The predicted molar refractivity (Wildman–Crippen MR) is 84.3 cm³/mol. The van der Waals surface area contributed by atoms with Gasteiger partial charge in [0.15, 0.2) is 0 Å². The number of carbonyl (C=O) groups excluding carboxylic acids is 1. The molecule has 0 N–H and O–H groups in total. The minimum atomic E-state index is -0.547. The summed E-state index contributed by atoms with van der Waals surface area (Å²) in [4.78, 5) is 24.2. The minimum absolute atomic E-state index is 0.0774. The topological polar surface area (TPSA) is 81.9 Å². The van der Waals surface area contributed by atoms with Crippen LogP contribution >= 0.6 is 0 Å². The van der Waals surface area contributed by atoms with Gasteiger partial charge in [0.25, 0.3) is 5.69 Å². The maximum atomic E-state index is 12.2. The van der Waals surface area contributed by atoms with Gasteiger partial charge in [-0.2, -0.15) is 0 Å². The fourth-order valence-corrected chi connectivity index (χ4v) is 2.43. The lowest BCUT2D eigenvalue weighted by molar-refractivity contribution is -0.385. The number of morpholine rings is 1. The molecule has 0 bridgehead atoms. The van der Waals surface area contributed by atoms with Crippen LogP contribution in [0.5, 0.6) is 0 Å². The van der Waals surface area contributed by atoms with Crippen molar-refractivity contribution in [1.82, 2.24) is 4.90 Å². The van der Waals surface area contributed by atoms with E-state index in [1.165, 1.54) is 6.07 Å². The quantitative estimate of drug-likeness (QED) is 0.617. The van der Waals surface area contributed by atoms with E-state index in [0.29, 0.717) is 25.3 Å². The summed E-state index contributed by atoms with van der Waals surface area (Å²) in [6, 6.07) is 4.89. The van der Waals surface area contributed by atoms with Gasteiger partial charge >= 0.3 is 6.09 Å². The van der Waals surface area contributed by atoms with Gasteiger partial charge in [0.1, 0.15) is 11.7 Å². The third-order valence-electron chi connectivity index (χ3n) is 3.51. The molecule has 23 heavy (non-hydrogen) atoms. The van der Waals surface area contributed by atoms with Gasteiger partial charge in [0.05, 0.1) is 18.1 Å². The summed E-state index contributed by atoms with van der Waals surface area (Å²) in [5.74, 6) is 0. The smallest absolute Gasteiger partial charge is 0.410 e. The summed E-state index contributed by atoms with van der Waals surface area (Å²) in [6.45, 7) is 8.40. The molecule has 1 aliphatic rings. The van der Waals surface area contributed by atoms with Crippen LogP contribution in [0.3, 0.4) is 0 Å². The highest BCUT2D eigenvalue weighted by molar-refractivity contribution is 5.68. The third-order valence-corrected chi connectivity index (χ3v) is 3.51. The average Bonchev–Trinajstić information content (AvgIpc) is 2.45. The number of ether oxygens (including phenoxy) is 2. The van der Waals surface area contributed by atoms with Crippen molar-refractivity contribution in [1.29, 1.82) is 0 Å². The number of benzene rings is 1. The highest BCUT2D eigenvalue weighted by Gasteiger charge is 2.29. The van der Waals surface area contributed by atoms with E-state index in [-0.39, 0.29) is 17.9 Å². The molecule has 0 aliphatic carbocycles. The second kappa shape index (κ2) is 6.54. The first-order valence-electron chi connectivity index (χ1n) is 7.52. The van der Waals surface area contributed by atoms with Crippen LogP contribution in [0.4, 0.5) is 10.5 Å². The van der Waals surface area contributed by atoms with Crippen molar-refractivity contribution in [3.05, 3.63) is 39.4 Å². The Morgan fingerprint density at radius 3 is 2.70 bits per heavy atom. The Morgan fingerprint density at radius 1 is 1.43 bits per heavy atom. The van der Waals surface area contributed by atoms with Crippen molar-refractivity contribution in [3.8, 4) is 0 Å². The van der Waals surface area contributed by atoms with Crippen molar-refractivity contribution in [2.24, 2.45) is 0 Å². The number of hydrogen-bond acceptors (Lipinski definition) is 5. The fourth-order valence-electron chi connectivity index (χ4n) is 2.43. The first-order chi connectivity index (χ1) is 10.7. The maximum Gasteiger partial charge on any atom is 0.410 e. The van der Waals surface area contributed by atoms with Crippen LogP contribution in [0.15, 0.2) is 18.2 Å². The summed E-state index contributed by atoms with van der Waals surface area (Å²) >= 11 is 0. The molecule has 0 saturated carbocycles. The molecule has 1 heterocycles. The van der Waals surface area contributed by atoms with Gasteiger partial charge in [0.2, 0.25) is 0 Å². The molecule has 1 aromatic carbocycles. The second-order valence-corrected chi connectivity index (χ2v) is 6.59. The normalized spacial score (nSPS) is 18.6. The van der Waals surface area contributed by atoms with Gasteiger partial charge in [-0.25, -0.2) is 4.79 Å². The molecule has 0 radical (unpaired) electrons. The van der Waals surface area contributed by atoms with Gasteiger partial charge in [-0.15, -0.1) is 0 Å². The fraction of sp³-hybridized carbons (Fsp3) is 0.562. The number of nitro groups is 1.